The maximum Gasteiger partial charge on any atom is 0.238 e. The number of carbonyl (C=O) groups excluding carboxylic acids is 1. The molecule has 4 nitrogen and oxygen atoms in total. The van der Waals surface area contributed by atoms with E-state index in [0.717, 1.165) is 19.5 Å². The van der Waals surface area contributed by atoms with Gasteiger partial charge in [-0.05, 0) is 36.8 Å². The highest BCUT2D eigenvalue weighted by molar-refractivity contribution is 6.33. The van der Waals surface area contributed by atoms with Crippen molar-refractivity contribution in [3.8, 4) is 0 Å². The van der Waals surface area contributed by atoms with Crippen LogP contribution in [0, 0.1) is 11.8 Å². The van der Waals surface area contributed by atoms with Crippen LogP contribution in [0.25, 0.3) is 0 Å². The molecule has 0 spiro atoms. The zero-order valence-corrected chi connectivity index (χ0v) is 12.1. The molecule has 3 rings (SSSR count). The molecule has 1 heterocycles. The molecular formula is C15H20ClN3O. The third-order valence-electron chi connectivity index (χ3n) is 4.50. The summed E-state index contributed by atoms with van der Waals surface area (Å²) in [5.41, 5.74) is 6.79. The van der Waals surface area contributed by atoms with Gasteiger partial charge in [-0.25, -0.2) is 0 Å². The molecule has 2 aliphatic rings. The molecule has 20 heavy (non-hydrogen) atoms. The number of fused-ring (bicyclic) bond motifs is 1. The van der Waals surface area contributed by atoms with Crippen molar-refractivity contribution in [1.82, 2.24) is 4.90 Å². The maximum atomic E-state index is 12.1. The number of hydrogen-bond donors (Lipinski definition) is 2. The topological polar surface area (TPSA) is 58.4 Å². The van der Waals surface area contributed by atoms with Crippen LogP contribution in [0.15, 0.2) is 24.3 Å². The molecule has 5 heteroatoms. The van der Waals surface area contributed by atoms with E-state index >= 15 is 0 Å². The van der Waals surface area contributed by atoms with Crippen LogP contribution in [-0.4, -0.2) is 36.5 Å². The summed E-state index contributed by atoms with van der Waals surface area (Å²) < 4.78 is 0. The predicted octanol–water partition coefficient (Wildman–Crippen LogP) is 1.95. The van der Waals surface area contributed by atoms with Gasteiger partial charge in [0.15, 0.2) is 0 Å². The Labute approximate surface area is 124 Å². The minimum Gasteiger partial charge on any atom is -0.327 e. The number of carbonyl (C=O) groups is 1. The fourth-order valence-electron chi connectivity index (χ4n) is 3.48. The van der Waals surface area contributed by atoms with E-state index in [1.54, 1.807) is 6.07 Å². The zero-order valence-electron chi connectivity index (χ0n) is 11.4. The summed E-state index contributed by atoms with van der Waals surface area (Å²) >= 11 is 6.04. The van der Waals surface area contributed by atoms with Gasteiger partial charge in [0.05, 0.1) is 17.3 Å². The minimum absolute atomic E-state index is 0.00774. The van der Waals surface area contributed by atoms with Crippen molar-refractivity contribution < 1.29 is 4.79 Å². The molecule has 1 aliphatic heterocycles. The van der Waals surface area contributed by atoms with Crippen molar-refractivity contribution in [1.29, 1.82) is 0 Å². The first-order valence-corrected chi connectivity index (χ1v) is 7.53. The average Bonchev–Trinajstić information content (AvgIpc) is 2.95. The zero-order chi connectivity index (χ0) is 14.1. The van der Waals surface area contributed by atoms with Crippen LogP contribution in [0.2, 0.25) is 5.02 Å². The number of anilines is 1. The van der Waals surface area contributed by atoms with E-state index in [1.807, 2.05) is 18.2 Å². The molecule has 1 aromatic carbocycles. The van der Waals surface area contributed by atoms with Crippen molar-refractivity contribution in [3.63, 3.8) is 0 Å². The molecule has 3 N–H and O–H groups in total. The van der Waals surface area contributed by atoms with Crippen LogP contribution in [0.1, 0.15) is 12.8 Å². The van der Waals surface area contributed by atoms with Gasteiger partial charge >= 0.3 is 0 Å². The van der Waals surface area contributed by atoms with Crippen LogP contribution in [0.4, 0.5) is 5.69 Å². The van der Waals surface area contributed by atoms with Crippen molar-refractivity contribution in [2.24, 2.45) is 17.6 Å². The van der Waals surface area contributed by atoms with Crippen LogP contribution < -0.4 is 11.1 Å². The Bertz CT molecular complexity index is 508. The van der Waals surface area contributed by atoms with Crippen molar-refractivity contribution in [2.45, 2.75) is 18.9 Å². The van der Waals surface area contributed by atoms with Crippen molar-refractivity contribution in [3.05, 3.63) is 29.3 Å². The van der Waals surface area contributed by atoms with Gasteiger partial charge < -0.3 is 11.1 Å². The van der Waals surface area contributed by atoms with E-state index in [9.17, 15) is 4.79 Å². The highest BCUT2D eigenvalue weighted by atomic mass is 35.5. The van der Waals surface area contributed by atoms with Crippen LogP contribution >= 0.6 is 11.6 Å². The van der Waals surface area contributed by atoms with Gasteiger partial charge in [0.2, 0.25) is 5.91 Å². The molecule has 1 amide bonds. The van der Waals surface area contributed by atoms with Crippen LogP contribution in [0.5, 0.6) is 0 Å². The molecule has 1 saturated heterocycles. The number of amides is 1. The summed E-state index contributed by atoms with van der Waals surface area (Å²) in [6, 6.07) is 7.62. The second-order valence-electron chi connectivity index (χ2n) is 5.89. The highest BCUT2D eigenvalue weighted by Gasteiger charge is 2.41. The molecule has 2 fully saturated rings. The average molecular weight is 294 g/mol. The normalized spacial score (nSPS) is 29.4. The first-order chi connectivity index (χ1) is 9.63. The molecular weight excluding hydrogens is 274 g/mol. The van der Waals surface area contributed by atoms with E-state index in [2.05, 4.69) is 10.2 Å². The standard InChI is InChI=1S/C15H20ClN3O/c16-12-3-1-2-4-14(12)18-15(20)9-19-7-10-5-6-13(17)11(10)8-19/h1-4,10-11,13H,5-9,17H2,(H,18,20). The fourth-order valence-corrected chi connectivity index (χ4v) is 3.67. The Kier molecular flexibility index (Phi) is 3.96. The molecule has 1 aromatic rings. The van der Waals surface area contributed by atoms with Gasteiger partial charge in [0, 0.05) is 19.1 Å². The summed E-state index contributed by atoms with van der Waals surface area (Å²) in [6.45, 7) is 2.36. The van der Waals surface area contributed by atoms with E-state index in [0.29, 0.717) is 35.1 Å². The second-order valence-corrected chi connectivity index (χ2v) is 6.29. The molecule has 0 radical (unpaired) electrons. The number of halogens is 1. The molecule has 0 bridgehead atoms. The number of likely N-dealkylation sites (tertiary alicyclic amines) is 1. The van der Waals surface area contributed by atoms with Gasteiger partial charge in [-0.2, -0.15) is 0 Å². The monoisotopic (exact) mass is 293 g/mol. The molecule has 0 aromatic heterocycles. The maximum absolute atomic E-state index is 12.1. The first kappa shape index (κ1) is 13.9. The Morgan fingerprint density at radius 1 is 1.35 bits per heavy atom. The van der Waals surface area contributed by atoms with Gasteiger partial charge in [-0.15, -0.1) is 0 Å². The van der Waals surface area contributed by atoms with Gasteiger partial charge in [-0.3, -0.25) is 9.69 Å². The quantitative estimate of drug-likeness (QED) is 0.895. The van der Waals surface area contributed by atoms with Gasteiger partial charge in [0.1, 0.15) is 0 Å². The Hall–Kier alpha value is -1.10. The highest BCUT2D eigenvalue weighted by Crippen LogP contribution is 2.36. The van der Waals surface area contributed by atoms with Gasteiger partial charge in [-0.1, -0.05) is 23.7 Å². The predicted molar refractivity (Wildman–Crippen MR) is 80.7 cm³/mol. The van der Waals surface area contributed by atoms with Crippen LogP contribution in [-0.2, 0) is 4.79 Å². The molecule has 108 valence electrons. The van der Waals surface area contributed by atoms with E-state index < -0.39 is 0 Å². The third kappa shape index (κ3) is 2.82. The van der Waals surface area contributed by atoms with Crippen molar-refractivity contribution in [2.75, 3.05) is 25.0 Å². The third-order valence-corrected chi connectivity index (χ3v) is 4.83. The second kappa shape index (κ2) is 5.72. The van der Waals surface area contributed by atoms with E-state index in [-0.39, 0.29) is 5.91 Å². The summed E-state index contributed by atoms with van der Waals surface area (Å²) in [7, 11) is 0. The smallest absolute Gasteiger partial charge is 0.238 e. The van der Waals surface area contributed by atoms with Gasteiger partial charge in [0.25, 0.3) is 0 Å². The lowest BCUT2D eigenvalue weighted by molar-refractivity contribution is -0.117. The number of benzene rings is 1. The molecule has 3 atom stereocenters. The van der Waals surface area contributed by atoms with E-state index in [1.165, 1.54) is 6.42 Å². The Morgan fingerprint density at radius 2 is 2.15 bits per heavy atom. The van der Waals surface area contributed by atoms with Crippen LogP contribution in [0.3, 0.4) is 0 Å². The van der Waals surface area contributed by atoms with E-state index in [4.69, 9.17) is 17.3 Å². The number of nitrogens with two attached hydrogens (primary N) is 1. The fraction of sp³-hybridized carbons (Fsp3) is 0.533. The summed E-state index contributed by atoms with van der Waals surface area (Å²) in [5.74, 6) is 1.24. The molecule has 1 saturated carbocycles. The first-order valence-electron chi connectivity index (χ1n) is 7.16. The Balaban J connectivity index is 1.54. The largest absolute Gasteiger partial charge is 0.327 e. The Morgan fingerprint density at radius 3 is 2.90 bits per heavy atom. The summed E-state index contributed by atoms with van der Waals surface area (Å²) in [6.07, 6.45) is 2.34. The lowest BCUT2D eigenvalue weighted by atomic mass is 9.98. The summed E-state index contributed by atoms with van der Waals surface area (Å²) in [4.78, 5) is 14.3. The lowest BCUT2D eigenvalue weighted by Gasteiger charge is -2.18. The summed E-state index contributed by atoms with van der Waals surface area (Å²) in [5, 5.41) is 3.44. The van der Waals surface area contributed by atoms with Crippen molar-refractivity contribution >= 4 is 23.2 Å². The lowest BCUT2D eigenvalue weighted by Crippen LogP contribution is -2.34. The number of nitrogens with zero attached hydrogens (tertiary/aromatic N) is 1. The molecule has 3 unspecified atom stereocenters. The number of rotatable bonds is 3. The number of nitrogens with one attached hydrogen (secondary N) is 1. The molecule has 1 aliphatic carbocycles. The number of para-hydroxylation sites is 1. The number of hydrogen-bond acceptors (Lipinski definition) is 3. The SMILES string of the molecule is NC1CCC2CN(CC(=O)Nc3ccccc3Cl)CC12. The minimum atomic E-state index is -0.00774.